The van der Waals surface area contributed by atoms with Crippen LogP contribution in [0.25, 0.3) is 16.7 Å². The molecule has 0 bridgehead atoms. The molecular weight excluding hydrogens is 462 g/mol. The number of nitrogens with one attached hydrogen (secondary N) is 2. The normalized spacial score (nSPS) is 11.7. The third-order valence-corrected chi connectivity index (χ3v) is 5.74. The number of carbonyl (C=O) groups excluding carboxylic acids is 1. The number of carbonyl (C=O) groups is 1. The van der Waals surface area contributed by atoms with Gasteiger partial charge in [-0.3, -0.25) is 10.1 Å². The number of benzene rings is 3. The number of fused-ring (bicyclic) bond motifs is 1. The molecule has 3 aromatic carbocycles. The van der Waals surface area contributed by atoms with E-state index in [1.807, 2.05) is 50.2 Å². The molecule has 4 rings (SSSR count). The van der Waals surface area contributed by atoms with E-state index in [9.17, 15) is 4.79 Å². The first kappa shape index (κ1) is 24.2. The Morgan fingerprint density at radius 1 is 1.03 bits per heavy atom. The van der Waals surface area contributed by atoms with E-state index in [0.29, 0.717) is 11.1 Å². The lowest BCUT2D eigenvalue weighted by molar-refractivity contribution is 0.0977. The summed E-state index contributed by atoms with van der Waals surface area (Å²) in [4.78, 5) is 14.2. The number of hydrogen-bond acceptors (Lipinski definition) is 6. The zero-order valence-electron chi connectivity index (χ0n) is 20.0. The van der Waals surface area contributed by atoms with Crippen molar-refractivity contribution in [3.05, 3.63) is 71.8 Å². The molecule has 0 spiro atoms. The number of aryl methyl sites for hydroxylation is 1. The first-order chi connectivity index (χ1) is 16.9. The summed E-state index contributed by atoms with van der Waals surface area (Å²) in [5.41, 5.74) is 4.40. The maximum absolute atomic E-state index is 12.6. The minimum Gasteiger partial charge on any atom is -0.497 e. The summed E-state index contributed by atoms with van der Waals surface area (Å²) >= 11 is 5.38. The lowest BCUT2D eigenvalue weighted by atomic mass is 10.2. The predicted octanol–water partition coefficient (Wildman–Crippen LogP) is 5.04. The average Bonchev–Trinajstić information content (AvgIpc) is 3.27. The number of nitrogens with zero attached hydrogens (tertiary/aromatic N) is 3. The van der Waals surface area contributed by atoms with E-state index in [1.165, 1.54) is 0 Å². The third-order valence-electron chi connectivity index (χ3n) is 5.53. The zero-order chi connectivity index (χ0) is 24.9. The van der Waals surface area contributed by atoms with Crippen molar-refractivity contribution in [1.82, 2.24) is 20.3 Å². The second-order valence-corrected chi connectivity index (χ2v) is 8.52. The second-order valence-electron chi connectivity index (χ2n) is 8.11. The molecule has 2 N–H and O–H groups in total. The molecule has 0 saturated heterocycles. The number of amides is 1. The van der Waals surface area contributed by atoms with E-state index in [1.54, 1.807) is 36.2 Å². The van der Waals surface area contributed by atoms with E-state index in [4.69, 9.17) is 21.7 Å². The van der Waals surface area contributed by atoms with Gasteiger partial charge >= 0.3 is 0 Å². The Kier molecular flexibility index (Phi) is 7.26. The number of hydrogen-bond donors (Lipinski definition) is 2. The lowest BCUT2D eigenvalue weighted by Crippen LogP contribution is -2.34. The van der Waals surface area contributed by atoms with Gasteiger partial charge in [0, 0.05) is 11.3 Å². The molecule has 0 unspecified atom stereocenters. The molecule has 0 radical (unpaired) electrons. The van der Waals surface area contributed by atoms with Gasteiger partial charge in [-0.2, -0.15) is 4.80 Å². The zero-order valence-corrected chi connectivity index (χ0v) is 20.8. The smallest absolute Gasteiger partial charge is 0.257 e. The summed E-state index contributed by atoms with van der Waals surface area (Å²) in [5.74, 6) is 1.18. The van der Waals surface area contributed by atoms with E-state index in [2.05, 4.69) is 27.8 Å². The van der Waals surface area contributed by atoms with Gasteiger partial charge in [-0.05, 0) is 98.7 Å². The molecule has 1 aromatic heterocycles. The number of methoxy groups -OCH3 is 1. The van der Waals surface area contributed by atoms with E-state index in [0.717, 1.165) is 40.4 Å². The SMILES string of the molecule is CC[C@@H](C)Oc1ccc(C(=O)NC(=S)Nc2cc3nn(-c4ccc(OC)cc4)nc3cc2C)cc1. The Balaban J connectivity index is 1.44. The minimum absolute atomic E-state index is 0.116. The maximum Gasteiger partial charge on any atom is 0.257 e. The Labute approximate surface area is 209 Å². The highest BCUT2D eigenvalue weighted by atomic mass is 32.1. The summed E-state index contributed by atoms with van der Waals surface area (Å²) < 4.78 is 11.0. The van der Waals surface area contributed by atoms with Gasteiger partial charge in [-0.15, -0.1) is 10.2 Å². The van der Waals surface area contributed by atoms with Crippen molar-refractivity contribution in [3.63, 3.8) is 0 Å². The highest BCUT2D eigenvalue weighted by molar-refractivity contribution is 7.80. The van der Waals surface area contributed by atoms with Gasteiger partial charge < -0.3 is 14.8 Å². The maximum atomic E-state index is 12.6. The Bertz CT molecular complexity index is 1350. The third kappa shape index (κ3) is 5.75. The van der Waals surface area contributed by atoms with Crippen molar-refractivity contribution >= 4 is 40.0 Å². The van der Waals surface area contributed by atoms with Gasteiger partial charge in [0.1, 0.15) is 22.5 Å². The molecule has 1 amide bonds. The second kappa shape index (κ2) is 10.5. The minimum atomic E-state index is -0.304. The summed E-state index contributed by atoms with van der Waals surface area (Å²) in [6.07, 6.45) is 1.02. The fourth-order valence-electron chi connectivity index (χ4n) is 3.36. The van der Waals surface area contributed by atoms with Crippen LogP contribution in [0.15, 0.2) is 60.7 Å². The molecule has 1 heterocycles. The molecule has 4 aromatic rings. The van der Waals surface area contributed by atoms with Crippen LogP contribution >= 0.6 is 12.2 Å². The van der Waals surface area contributed by atoms with Crippen LogP contribution in [-0.4, -0.2) is 39.2 Å². The first-order valence-electron chi connectivity index (χ1n) is 11.3. The van der Waals surface area contributed by atoms with Crippen molar-refractivity contribution in [2.24, 2.45) is 0 Å². The number of ether oxygens (including phenoxy) is 2. The van der Waals surface area contributed by atoms with E-state index in [-0.39, 0.29) is 17.1 Å². The van der Waals surface area contributed by atoms with Crippen LogP contribution in [0.2, 0.25) is 0 Å². The van der Waals surface area contributed by atoms with Crippen molar-refractivity contribution in [1.29, 1.82) is 0 Å². The van der Waals surface area contributed by atoms with Crippen LogP contribution in [0.4, 0.5) is 5.69 Å². The van der Waals surface area contributed by atoms with Crippen LogP contribution in [0.5, 0.6) is 11.5 Å². The van der Waals surface area contributed by atoms with Crippen molar-refractivity contribution in [2.45, 2.75) is 33.3 Å². The van der Waals surface area contributed by atoms with Crippen LogP contribution in [-0.2, 0) is 0 Å². The fraction of sp³-hybridized carbons (Fsp3) is 0.231. The van der Waals surface area contributed by atoms with Crippen LogP contribution in [0.3, 0.4) is 0 Å². The molecule has 0 aliphatic heterocycles. The molecule has 0 aliphatic carbocycles. The Morgan fingerprint density at radius 3 is 2.29 bits per heavy atom. The van der Waals surface area contributed by atoms with Gasteiger partial charge in [-0.1, -0.05) is 6.92 Å². The molecule has 180 valence electrons. The predicted molar refractivity (Wildman–Crippen MR) is 141 cm³/mol. The van der Waals surface area contributed by atoms with Crippen LogP contribution < -0.4 is 20.1 Å². The summed E-state index contributed by atoms with van der Waals surface area (Å²) in [6.45, 7) is 6.00. The quantitative estimate of drug-likeness (QED) is 0.352. The van der Waals surface area contributed by atoms with Crippen LogP contribution in [0.1, 0.15) is 36.2 Å². The number of rotatable bonds is 7. The van der Waals surface area contributed by atoms with Crippen molar-refractivity contribution < 1.29 is 14.3 Å². The summed E-state index contributed by atoms with van der Waals surface area (Å²) in [6, 6.07) is 18.2. The Hall–Kier alpha value is -3.98. The van der Waals surface area contributed by atoms with Crippen molar-refractivity contribution in [2.75, 3.05) is 12.4 Å². The average molecular weight is 490 g/mol. The molecule has 0 aliphatic rings. The van der Waals surface area contributed by atoms with Gasteiger partial charge in [0.25, 0.3) is 5.91 Å². The molecule has 8 nitrogen and oxygen atoms in total. The molecule has 35 heavy (non-hydrogen) atoms. The first-order valence-corrected chi connectivity index (χ1v) is 11.7. The van der Waals surface area contributed by atoms with Gasteiger partial charge in [0.15, 0.2) is 5.11 Å². The molecule has 9 heteroatoms. The molecule has 0 saturated carbocycles. The largest absolute Gasteiger partial charge is 0.497 e. The Morgan fingerprint density at radius 2 is 1.66 bits per heavy atom. The standard InChI is InChI=1S/C26H27N5O3S/c1-5-17(3)34-21-10-6-18(7-11-21)25(32)28-26(35)27-22-15-24-23(14-16(22)2)29-31(30-24)19-8-12-20(33-4)13-9-19/h6-15,17H,5H2,1-4H3,(H2,27,28,32,35)/t17-/m1/s1. The molecule has 0 fully saturated rings. The van der Waals surface area contributed by atoms with Crippen molar-refractivity contribution in [3.8, 4) is 17.2 Å². The summed E-state index contributed by atoms with van der Waals surface area (Å²) in [5, 5.41) is 15.1. The molecule has 1 atom stereocenters. The van der Waals surface area contributed by atoms with E-state index < -0.39 is 0 Å². The highest BCUT2D eigenvalue weighted by Gasteiger charge is 2.12. The van der Waals surface area contributed by atoms with Gasteiger partial charge in [0.05, 0.1) is 18.9 Å². The van der Waals surface area contributed by atoms with Gasteiger partial charge in [0.2, 0.25) is 0 Å². The van der Waals surface area contributed by atoms with E-state index >= 15 is 0 Å². The molecular formula is C26H27N5O3S. The summed E-state index contributed by atoms with van der Waals surface area (Å²) in [7, 11) is 1.62. The fourth-order valence-corrected chi connectivity index (χ4v) is 3.57. The highest BCUT2D eigenvalue weighted by Crippen LogP contribution is 2.23. The number of thiocarbonyl (C=S) groups is 1. The van der Waals surface area contributed by atoms with Crippen LogP contribution in [0, 0.1) is 6.92 Å². The van der Waals surface area contributed by atoms with Gasteiger partial charge in [-0.25, -0.2) is 0 Å². The topological polar surface area (TPSA) is 90.3 Å². The number of anilines is 1. The number of aromatic nitrogens is 3. The monoisotopic (exact) mass is 489 g/mol. The lowest BCUT2D eigenvalue weighted by Gasteiger charge is -2.13.